The molecule has 1 rings (SSSR count). The van der Waals surface area contributed by atoms with Gasteiger partial charge in [0.25, 0.3) is 0 Å². The molecule has 0 aromatic heterocycles. The van der Waals surface area contributed by atoms with Crippen molar-refractivity contribution in [2.45, 2.75) is 51.0 Å². The molecule has 2 N–H and O–H groups in total. The van der Waals surface area contributed by atoms with Crippen molar-refractivity contribution in [2.75, 3.05) is 0 Å². The van der Waals surface area contributed by atoms with Crippen molar-refractivity contribution in [3.8, 4) is 0 Å². The number of hydrogen-bond donors (Lipinski definition) is 1. The highest BCUT2D eigenvalue weighted by atomic mass is 19.4. The van der Waals surface area contributed by atoms with Gasteiger partial charge in [0.1, 0.15) is 0 Å². The molecule has 1 aromatic rings. The molecular weight excluding hydrogens is 296 g/mol. The van der Waals surface area contributed by atoms with Gasteiger partial charge in [-0.2, -0.15) is 26.3 Å². The summed E-state index contributed by atoms with van der Waals surface area (Å²) in [6, 6.07) is 0.345. The Hall–Kier alpha value is -1.24. The summed E-state index contributed by atoms with van der Waals surface area (Å²) in [5.74, 6) is 0. The van der Waals surface area contributed by atoms with Gasteiger partial charge in [-0.05, 0) is 30.2 Å². The second-order valence-electron chi connectivity index (χ2n) is 4.90. The second kappa shape index (κ2) is 6.68. The first-order chi connectivity index (χ1) is 9.57. The van der Waals surface area contributed by atoms with Crippen LogP contribution in [0.15, 0.2) is 18.2 Å². The number of rotatable bonds is 5. The highest BCUT2D eigenvalue weighted by molar-refractivity contribution is 5.37. The Morgan fingerprint density at radius 2 is 1.62 bits per heavy atom. The van der Waals surface area contributed by atoms with Crippen LogP contribution in [-0.2, 0) is 12.4 Å². The van der Waals surface area contributed by atoms with E-state index < -0.39 is 35.1 Å². The van der Waals surface area contributed by atoms with Gasteiger partial charge in [0.2, 0.25) is 0 Å². The summed E-state index contributed by atoms with van der Waals surface area (Å²) in [5, 5.41) is 0. The van der Waals surface area contributed by atoms with Crippen molar-refractivity contribution >= 4 is 0 Å². The molecule has 0 heterocycles. The number of benzene rings is 1. The molecule has 0 saturated carbocycles. The molecule has 1 nitrogen and oxygen atoms in total. The van der Waals surface area contributed by atoms with Gasteiger partial charge in [-0.1, -0.05) is 26.2 Å². The highest BCUT2D eigenvalue weighted by Gasteiger charge is 2.37. The lowest BCUT2D eigenvalue weighted by Gasteiger charge is -2.20. The number of unbranched alkanes of at least 4 members (excludes halogenated alkanes) is 2. The van der Waals surface area contributed by atoms with E-state index in [0.29, 0.717) is 24.6 Å². The van der Waals surface area contributed by atoms with Gasteiger partial charge in [0, 0.05) is 6.04 Å². The minimum atomic E-state index is -4.72. The Morgan fingerprint density at radius 3 is 2.10 bits per heavy atom. The summed E-state index contributed by atoms with van der Waals surface area (Å²) in [6.07, 6.45) is -7.00. The first-order valence-corrected chi connectivity index (χ1v) is 6.61. The average Bonchev–Trinajstić information content (AvgIpc) is 2.36. The number of hydrogen-bond acceptors (Lipinski definition) is 1. The van der Waals surface area contributed by atoms with E-state index in [4.69, 9.17) is 5.73 Å². The van der Waals surface area contributed by atoms with E-state index in [1.54, 1.807) is 0 Å². The fourth-order valence-electron chi connectivity index (χ4n) is 2.07. The zero-order valence-corrected chi connectivity index (χ0v) is 11.5. The number of halogens is 6. The molecule has 0 aliphatic carbocycles. The van der Waals surface area contributed by atoms with E-state index in [9.17, 15) is 26.3 Å². The monoisotopic (exact) mass is 313 g/mol. The SMILES string of the molecule is CCCCC[C@H](N)c1cc(C(F)(F)F)ccc1C(F)(F)F. The molecule has 0 aliphatic heterocycles. The zero-order chi connectivity index (χ0) is 16.3. The molecule has 0 aliphatic rings. The molecule has 0 saturated heterocycles. The molecule has 7 heteroatoms. The summed E-state index contributed by atoms with van der Waals surface area (Å²) >= 11 is 0. The van der Waals surface area contributed by atoms with Crippen LogP contribution >= 0.6 is 0 Å². The largest absolute Gasteiger partial charge is 0.416 e. The van der Waals surface area contributed by atoms with Crippen LogP contribution in [0.2, 0.25) is 0 Å². The third-order valence-corrected chi connectivity index (χ3v) is 3.20. The predicted molar refractivity (Wildman–Crippen MR) is 67.5 cm³/mol. The molecule has 0 radical (unpaired) electrons. The van der Waals surface area contributed by atoms with Crippen LogP contribution in [0.3, 0.4) is 0 Å². The first kappa shape index (κ1) is 17.8. The van der Waals surface area contributed by atoms with Gasteiger partial charge in [-0.25, -0.2) is 0 Å². The third-order valence-electron chi connectivity index (χ3n) is 3.20. The maximum absolute atomic E-state index is 12.9. The molecule has 0 fully saturated rings. The lowest BCUT2D eigenvalue weighted by Crippen LogP contribution is -2.19. The number of alkyl halides is 6. The van der Waals surface area contributed by atoms with Gasteiger partial charge in [-0.3, -0.25) is 0 Å². The molecule has 0 unspecified atom stereocenters. The minimum absolute atomic E-state index is 0.220. The predicted octanol–water partition coefficient (Wildman–Crippen LogP) is 5.30. The summed E-state index contributed by atoms with van der Waals surface area (Å²) in [5.41, 5.74) is 2.97. The Kier molecular flexibility index (Phi) is 5.67. The maximum atomic E-state index is 12.9. The Balaban J connectivity index is 3.17. The molecule has 1 atom stereocenters. The molecule has 0 bridgehead atoms. The van der Waals surface area contributed by atoms with Gasteiger partial charge in [0.15, 0.2) is 0 Å². The smallest absolute Gasteiger partial charge is 0.324 e. The summed E-state index contributed by atoms with van der Waals surface area (Å²) < 4.78 is 76.6. The van der Waals surface area contributed by atoms with Gasteiger partial charge in [0.05, 0.1) is 11.1 Å². The van der Waals surface area contributed by atoms with Crippen LogP contribution in [0.25, 0.3) is 0 Å². The van der Waals surface area contributed by atoms with Crippen molar-refractivity contribution in [1.82, 2.24) is 0 Å². The third kappa shape index (κ3) is 4.91. The Labute approximate surface area is 119 Å². The highest BCUT2D eigenvalue weighted by Crippen LogP contribution is 2.39. The summed E-state index contributed by atoms with van der Waals surface area (Å²) in [7, 11) is 0. The van der Waals surface area contributed by atoms with Crippen molar-refractivity contribution < 1.29 is 26.3 Å². The Bertz CT molecular complexity index is 464. The van der Waals surface area contributed by atoms with Crippen LogP contribution in [0.1, 0.15) is 55.3 Å². The van der Waals surface area contributed by atoms with Crippen LogP contribution < -0.4 is 5.73 Å². The van der Waals surface area contributed by atoms with Crippen molar-refractivity contribution in [1.29, 1.82) is 0 Å². The molecule has 0 amide bonds. The van der Waals surface area contributed by atoms with Crippen molar-refractivity contribution in [2.24, 2.45) is 5.73 Å². The maximum Gasteiger partial charge on any atom is 0.416 e. The van der Waals surface area contributed by atoms with Crippen molar-refractivity contribution in [3.05, 3.63) is 34.9 Å². The molecule has 0 spiro atoms. The van der Waals surface area contributed by atoms with Crippen LogP contribution in [-0.4, -0.2) is 0 Å². The molecule has 21 heavy (non-hydrogen) atoms. The standard InChI is InChI=1S/C14H17F6N/c1-2-3-4-5-12(21)10-8-9(13(15,16)17)6-7-11(10)14(18,19)20/h6-8,12H,2-5,21H2,1H3/t12-/m0/s1. The molecule has 1 aromatic carbocycles. The summed E-state index contributed by atoms with van der Waals surface area (Å²) in [4.78, 5) is 0. The second-order valence-corrected chi connectivity index (χ2v) is 4.90. The van der Waals surface area contributed by atoms with Gasteiger partial charge >= 0.3 is 12.4 Å². The van der Waals surface area contributed by atoms with Crippen LogP contribution in [0, 0.1) is 0 Å². The Morgan fingerprint density at radius 1 is 1.00 bits per heavy atom. The topological polar surface area (TPSA) is 26.0 Å². The number of nitrogens with two attached hydrogens (primary N) is 1. The lowest BCUT2D eigenvalue weighted by molar-refractivity contribution is -0.142. The van der Waals surface area contributed by atoms with E-state index in [1.807, 2.05) is 6.92 Å². The molecule has 120 valence electrons. The average molecular weight is 313 g/mol. The minimum Gasteiger partial charge on any atom is -0.324 e. The normalized spacial score (nSPS) is 14.3. The summed E-state index contributed by atoms with van der Waals surface area (Å²) in [6.45, 7) is 1.91. The lowest BCUT2D eigenvalue weighted by atomic mass is 9.94. The van der Waals surface area contributed by atoms with Crippen molar-refractivity contribution in [3.63, 3.8) is 0 Å². The zero-order valence-electron chi connectivity index (χ0n) is 11.5. The van der Waals surface area contributed by atoms with E-state index in [2.05, 4.69) is 0 Å². The van der Waals surface area contributed by atoms with E-state index in [-0.39, 0.29) is 6.42 Å². The van der Waals surface area contributed by atoms with Crippen LogP contribution in [0.5, 0.6) is 0 Å². The van der Waals surface area contributed by atoms with E-state index in [1.165, 1.54) is 0 Å². The van der Waals surface area contributed by atoms with Gasteiger partial charge < -0.3 is 5.73 Å². The fraction of sp³-hybridized carbons (Fsp3) is 0.571. The fourth-order valence-corrected chi connectivity index (χ4v) is 2.07. The van der Waals surface area contributed by atoms with E-state index >= 15 is 0 Å². The van der Waals surface area contributed by atoms with Crippen LogP contribution in [0.4, 0.5) is 26.3 Å². The molecular formula is C14H17F6N. The quantitative estimate of drug-likeness (QED) is 0.579. The van der Waals surface area contributed by atoms with E-state index in [0.717, 1.165) is 12.8 Å². The first-order valence-electron chi connectivity index (χ1n) is 6.61. The van der Waals surface area contributed by atoms with Gasteiger partial charge in [-0.15, -0.1) is 0 Å².